The fourth-order valence-electron chi connectivity index (χ4n) is 2.29. The van der Waals surface area contributed by atoms with Gasteiger partial charge in [0.1, 0.15) is 23.2 Å². The Kier molecular flexibility index (Phi) is 6.43. The molecule has 29 heavy (non-hydrogen) atoms. The monoisotopic (exact) mass is 426 g/mol. The maximum absolute atomic E-state index is 12.3. The van der Waals surface area contributed by atoms with E-state index in [9.17, 15) is 14.9 Å². The van der Waals surface area contributed by atoms with Gasteiger partial charge in [0.25, 0.3) is 5.91 Å². The second-order valence-corrected chi connectivity index (χ2v) is 7.51. The minimum absolute atomic E-state index is 0.130. The molecule has 0 spiro atoms. The summed E-state index contributed by atoms with van der Waals surface area (Å²) in [7, 11) is 0. The number of furan rings is 1. The number of thioether (sulfide) groups is 1. The number of aromatic nitrogens is 2. The molecule has 0 aliphatic heterocycles. The molecule has 8 nitrogen and oxygen atoms in total. The SMILES string of the molecule is CCSc1nsc(NC(=O)/C(C#N)=C\c2ccc(-c3cccc(C(=O)O)c3)o2)n1. The van der Waals surface area contributed by atoms with Gasteiger partial charge in [0.2, 0.25) is 10.3 Å². The Balaban J connectivity index is 1.77. The smallest absolute Gasteiger partial charge is 0.335 e. The minimum Gasteiger partial charge on any atom is -0.478 e. The quantitative estimate of drug-likeness (QED) is 0.327. The molecule has 0 saturated carbocycles. The second kappa shape index (κ2) is 9.18. The highest BCUT2D eigenvalue weighted by atomic mass is 32.2. The van der Waals surface area contributed by atoms with Crippen LogP contribution < -0.4 is 5.32 Å². The van der Waals surface area contributed by atoms with Crippen molar-refractivity contribution >= 4 is 46.4 Å². The number of carboxylic acid groups (broad SMARTS) is 1. The number of anilines is 1. The van der Waals surface area contributed by atoms with E-state index in [-0.39, 0.29) is 16.9 Å². The van der Waals surface area contributed by atoms with Crippen molar-refractivity contribution in [3.63, 3.8) is 0 Å². The normalized spacial score (nSPS) is 11.1. The third-order valence-electron chi connectivity index (χ3n) is 3.57. The Morgan fingerprint density at radius 2 is 2.21 bits per heavy atom. The summed E-state index contributed by atoms with van der Waals surface area (Å²) in [6, 6.07) is 11.3. The third kappa shape index (κ3) is 5.10. The van der Waals surface area contributed by atoms with Gasteiger partial charge in [-0.25, -0.2) is 4.79 Å². The molecule has 1 amide bonds. The summed E-state index contributed by atoms with van der Waals surface area (Å²) in [6.07, 6.45) is 1.31. The number of nitrogens with one attached hydrogen (secondary N) is 1. The molecule has 3 aromatic rings. The van der Waals surface area contributed by atoms with Gasteiger partial charge < -0.3 is 9.52 Å². The molecule has 10 heteroatoms. The number of carbonyl (C=O) groups is 2. The van der Waals surface area contributed by atoms with Crippen molar-refractivity contribution in [1.29, 1.82) is 5.26 Å². The number of nitrogens with zero attached hydrogens (tertiary/aromatic N) is 3. The van der Waals surface area contributed by atoms with Crippen molar-refractivity contribution in [3.05, 3.63) is 53.3 Å². The van der Waals surface area contributed by atoms with Crippen molar-refractivity contribution in [2.75, 3.05) is 11.1 Å². The molecule has 0 fully saturated rings. The van der Waals surface area contributed by atoms with Crippen molar-refractivity contribution in [3.8, 4) is 17.4 Å². The maximum atomic E-state index is 12.3. The topological polar surface area (TPSA) is 129 Å². The largest absolute Gasteiger partial charge is 0.478 e. The number of carbonyl (C=O) groups excluding carboxylic acids is 1. The third-order valence-corrected chi connectivity index (χ3v) is 5.05. The fraction of sp³-hybridized carbons (Fsp3) is 0.105. The molecule has 0 unspecified atom stereocenters. The van der Waals surface area contributed by atoms with Crippen molar-refractivity contribution in [1.82, 2.24) is 9.36 Å². The Morgan fingerprint density at radius 3 is 2.93 bits per heavy atom. The lowest BCUT2D eigenvalue weighted by molar-refractivity contribution is -0.112. The summed E-state index contributed by atoms with van der Waals surface area (Å²) in [5, 5.41) is 21.8. The van der Waals surface area contributed by atoms with Crippen molar-refractivity contribution < 1.29 is 19.1 Å². The predicted octanol–water partition coefficient (Wildman–Crippen LogP) is 4.15. The second-order valence-electron chi connectivity index (χ2n) is 5.53. The average molecular weight is 426 g/mol. The molecule has 0 atom stereocenters. The molecule has 0 bridgehead atoms. The Bertz CT molecular complexity index is 1130. The van der Waals surface area contributed by atoms with E-state index in [4.69, 9.17) is 9.52 Å². The lowest BCUT2D eigenvalue weighted by Crippen LogP contribution is -2.13. The molecule has 0 aliphatic rings. The van der Waals surface area contributed by atoms with Crippen LogP contribution in [0.5, 0.6) is 0 Å². The Labute approximate surface area is 174 Å². The van der Waals surface area contributed by atoms with E-state index in [1.807, 2.05) is 13.0 Å². The maximum Gasteiger partial charge on any atom is 0.335 e. The van der Waals surface area contributed by atoms with Gasteiger partial charge in [0, 0.05) is 23.2 Å². The number of nitriles is 1. The van der Waals surface area contributed by atoms with Gasteiger partial charge in [0.15, 0.2) is 0 Å². The van der Waals surface area contributed by atoms with Gasteiger partial charge in [-0.1, -0.05) is 30.8 Å². The summed E-state index contributed by atoms with van der Waals surface area (Å²) >= 11 is 2.48. The molecule has 0 saturated heterocycles. The first-order valence-corrected chi connectivity index (χ1v) is 10.1. The van der Waals surface area contributed by atoms with Gasteiger partial charge in [-0.2, -0.15) is 14.6 Å². The van der Waals surface area contributed by atoms with E-state index < -0.39 is 11.9 Å². The molecule has 2 heterocycles. The first-order valence-electron chi connectivity index (χ1n) is 8.33. The van der Waals surface area contributed by atoms with Crippen molar-refractivity contribution in [2.24, 2.45) is 0 Å². The van der Waals surface area contributed by atoms with Crippen LogP contribution in [0.1, 0.15) is 23.0 Å². The highest BCUT2D eigenvalue weighted by molar-refractivity contribution is 7.99. The minimum atomic E-state index is -1.04. The Hall–Kier alpha value is -3.42. The lowest BCUT2D eigenvalue weighted by atomic mass is 10.1. The van der Waals surface area contributed by atoms with Crippen LogP contribution >= 0.6 is 23.3 Å². The van der Waals surface area contributed by atoms with E-state index in [0.29, 0.717) is 21.6 Å². The van der Waals surface area contributed by atoms with Crippen LogP contribution in [0.2, 0.25) is 0 Å². The van der Waals surface area contributed by atoms with E-state index in [1.165, 1.54) is 30.0 Å². The molecule has 3 rings (SSSR count). The van der Waals surface area contributed by atoms with Gasteiger partial charge in [0.05, 0.1) is 5.56 Å². The van der Waals surface area contributed by atoms with Crippen LogP contribution in [0.25, 0.3) is 17.4 Å². The molecule has 1 aromatic carbocycles. The summed E-state index contributed by atoms with van der Waals surface area (Å²) in [5.74, 6) is -0.153. The van der Waals surface area contributed by atoms with Gasteiger partial charge >= 0.3 is 5.97 Å². The number of carboxylic acids is 1. The van der Waals surface area contributed by atoms with Crippen LogP contribution in [0.15, 0.2) is 51.5 Å². The van der Waals surface area contributed by atoms with Crippen LogP contribution in [0.4, 0.5) is 5.13 Å². The van der Waals surface area contributed by atoms with E-state index >= 15 is 0 Å². The number of amides is 1. The highest BCUT2D eigenvalue weighted by Crippen LogP contribution is 2.25. The van der Waals surface area contributed by atoms with E-state index in [2.05, 4.69) is 14.7 Å². The standard InChI is InChI=1S/C19H14N4O4S2/c1-2-28-19-22-18(29-23-19)21-16(24)13(10-20)9-14-6-7-15(27-14)11-4-3-5-12(8-11)17(25)26/h3-9H,2H2,1H3,(H,25,26)(H,21,22,23,24)/b13-9-. The first-order chi connectivity index (χ1) is 14.0. The molecular weight excluding hydrogens is 412 g/mol. The number of aromatic carboxylic acids is 1. The molecule has 2 aromatic heterocycles. The van der Waals surface area contributed by atoms with Gasteiger partial charge in [-0.05, 0) is 30.0 Å². The summed E-state index contributed by atoms with van der Waals surface area (Å²) in [5.41, 5.74) is 0.540. The van der Waals surface area contributed by atoms with Crippen LogP contribution in [-0.4, -0.2) is 32.1 Å². The lowest BCUT2D eigenvalue weighted by Gasteiger charge is -2.00. The highest BCUT2D eigenvalue weighted by Gasteiger charge is 2.14. The van der Waals surface area contributed by atoms with E-state index in [0.717, 1.165) is 17.3 Å². The zero-order valence-corrected chi connectivity index (χ0v) is 16.7. The zero-order valence-electron chi connectivity index (χ0n) is 15.1. The summed E-state index contributed by atoms with van der Waals surface area (Å²) < 4.78 is 9.74. The molecule has 2 N–H and O–H groups in total. The summed E-state index contributed by atoms with van der Waals surface area (Å²) in [6.45, 7) is 1.97. The zero-order chi connectivity index (χ0) is 20.8. The number of rotatable bonds is 7. The van der Waals surface area contributed by atoms with Crippen LogP contribution in [0.3, 0.4) is 0 Å². The molecule has 0 aliphatic carbocycles. The number of benzene rings is 1. The predicted molar refractivity (Wildman–Crippen MR) is 110 cm³/mol. The van der Waals surface area contributed by atoms with Gasteiger partial charge in [-0.15, -0.1) is 0 Å². The van der Waals surface area contributed by atoms with Gasteiger partial charge in [-0.3, -0.25) is 10.1 Å². The molecule has 0 radical (unpaired) electrons. The van der Waals surface area contributed by atoms with E-state index in [1.54, 1.807) is 24.3 Å². The van der Waals surface area contributed by atoms with Crippen molar-refractivity contribution in [2.45, 2.75) is 12.1 Å². The van der Waals surface area contributed by atoms with Crippen LogP contribution in [0, 0.1) is 11.3 Å². The number of hydrogen-bond donors (Lipinski definition) is 2. The molecular formula is C19H14N4O4S2. The fourth-order valence-corrected chi connectivity index (χ4v) is 3.56. The first kappa shape index (κ1) is 20.3. The average Bonchev–Trinajstić information content (AvgIpc) is 3.36. The van der Waals surface area contributed by atoms with Crippen LogP contribution in [-0.2, 0) is 4.79 Å². The summed E-state index contributed by atoms with van der Waals surface area (Å²) in [4.78, 5) is 27.6. The number of hydrogen-bond acceptors (Lipinski definition) is 8. The molecule has 146 valence electrons. The Morgan fingerprint density at radius 1 is 1.38 bits per heavy atom.